The summed E-state index contributed by atoms with van der Waals surface area (Å²) in [6.07, 6.45) is -8.03. The number of carbonyl (C=O) groups excluding carboxylic acids is 6. The fraction of sp³-hybridized carbons (Fsp3) is 0.284. The highest BCUT2D eigenvalue weighted by atomic mass is 16.7. The summed E-state index contributed by atoms with van der Waals surface area (Å²) in [4.78, 5) is 82.8. The summed E-state index contributed by atoms with van der Waals surface area (Å²) in [5.74, 6) is -4.10. The Morgan fingerprint density at radius 3 is 1.46 bits per heavy atom. The summed E-state index contributed by atoms with van der Waals surface area (Å²) in [6.45, 7) is -2.09. The minimum atomic E-state index is -1.73. The second-order valence-electron chi connectivity index (χ2n) is 20.2. The highest BCUT2D eigenvalue weighted by Gasteiger charge is 2.54. The molecule has 2 N–H and O–H groups in total. The average Bonchev–Trinajstić information content (AvgIpc) is 2.12. The van der Waals surface area contributed by atoms with E-state index in [2.05, 4.69) is 5.32 Å². The van der Waals surface area contributed by atoms with Crippen molar-refractivity contribution in [3.8, 4) is 11.5 Å². The smallest absolute Gasteiger partial charge is 0.338 e. The number of benzene rings is 7. The van der Waals surface area contributed by atoms with Crippen molar-refractivity contribution in [3.05, 3.63) is 239 Å². The van der Waals surface area contributed by atoms with Crippen molar-refractivity contribution in [1.82, 2.24) is 5.32 Å². The monoisotopic (exact) mass is 1160 g/mol. The summed E-state index contributed by atoms with van der Waals surface area (Å²) >= 11 is 0. The minimum absolute atomic E-state index is 0.0799. The number of aliphatic hydroxyl groups is 1. The van der Waals surface area contributed by atoms with Crippen molar-refractivity contribution < 1.29 is 81.2 Å². The van der Waals surface area contributed by atoms with Crippen LogP contribution in [0.25, 0.3) is 0 Å². The molecule has 9 rings (SSSR count). The minimum Gasteiger partial charge on any atom is -0.497 e. The molecule has 1 saturated carbocycles. The molecule has 18 heteroatoms. The predicted octanol–water partition coefficient (Wildman–Crippen LogP) is 8.38. The second-order valence-corrected chi connectivity index (χ2v) is 20.2. The number of nitrogens with one attached hydrogen (secondary N) is 1. The molecule has 0 spiro atoms. The average molecular weight is 1160 g/mol. The lowest BCUT2D eigenvalue weighted by Crippen LogP contribution is -2.63. The van der Waals surface area contributed by atoms with E-state index in [4.69, 9.17) is 47.4 Å². The Morgan fingerprint density at radius 1 is 0.529 bits per heavy atom. The van der Waals surface area contributed by atoms with Gasteiger partial charge >= 0.3 is 23.9 Å². The Balaban J connectivity index is 0.883. The molecular weight excluding hydrogens is 1090 g/mol. The molecule has 1 heterocycles. The first kappa shape index (κ1) is 60.5. The van der Waals surface area contributed by atoms with Gasteiger partial charge in [-0.2, -0.15) is 0 Å². The van der Waals surface area contributed by atoms with E-state index in [1.165, 1.54) is 48.5 Å². The lowest BCUT2D eigenvalue weighted by molar-refractivity contribution is -0.296. The van der Waals surface area contributed by atoms with Crippen LogP contribution in [0.1, 0.15) is 71.0 Å². The molecule has 1 aliphatic carbocycles. The Labute approximate surface area is 491 Å². The van der Waals surface area contributed by atoms with Gasteiger partial charge in [-0.3, -0.25) is 9.59 Å². The molecule has 7 aromatic carbocycles. The van der Waals surface area contributed by atoms with Gasteiger partial charge < -0.3 is 57.8 Å². The number of ketones is 1. The third-order valence-electron chi connectivity index (χ3n) is 14.7. The number of hydrogen-bond donors (Lipinski definition) is 2. The van der Waals surface area contributed by atoms with Crippen molar-refractivity contribution in [2.24, 2.45) is 11.8 Å². The first-order chi connectivity index (χ1) is 41.5. The van der Waals surface area contributed by atoms with Gasteiger partial charge in [-0.25, -0.2) is 19.2 Å². The van der Waals surface area contributed by atoms with E-state index in [1.807, 2.05) is 78.9 Å². The SMILES string of the molecule is COc1ccc(C(O[C@H]2CC(C(=O)COCCNC(=O)CO[C@H]3OC(COC(=O)c4ccccc4)[C@@H](OC(=O)c4ccccc4)[C@H](OC(=O)c4ccccc4)C3OC(=O)c3ccccc3)[C@H](CO)C2)(c2ccccc2)c2ccc(OC)cc2)cc1. The van der Waals surface area contributed by atoms with E-state index in [0.29, 0.717) is 24.3 Å². The third-order valence-corrected chi connectivity index (χ3v) is 14.7. The molecule has 18 nitrogen and oxygen atoms in total. The number of carbonyl (C=O) groups is 6. The molecule has 85 heavy (non-hydrogen) atoms. The Morgan fingerprint density at radius 2 is 0.976 bits per heavy atom. The van der Waals surface area contributed by atoms with Crippen LogP contribution in [0.4, 0.5) is 0 Å². The van der Waals surface area contributed by atoms with Gasteiger partial charge in [-0.15, -0.1) is 0 Å². The largest absolute Gasteiger partial charge is 0.497 e. The highest BCUT2D eigenvalue weighted by molar-refractivity contribution is 5.92. The molecule has 0 radical (unpaired) electrons. The fourth-order valence-corrected chi connectivity index (χ4v) is 10.5. The summed E-state index contributed by atoms with van der Waals surface area (Å²) in [5, 5.41) is 13.3. The molecule has 2 aliphatic rings. The van der Waals surface area contributed by atoms with Crippen LogP contribution >= 0.6 is 0 Å². The molecule has 440 valence electrons. The molecule has 0 aromatic heterocycles. The molecule has 1 aliphatic heterocycles. The third kappa shape index (κ3) is 15.2. The zero-order valence-corrected chi connectivity index (χ0v) is 46.8. The standard InChI is InChI=1S/C67H65NO17/c1-76-52-32-28-50(29-33-52)67(49-26-16-7-17-27-49,51-30-34-53(77-2)35-31-51)85-54-38-48(40-69)55(39-54)56(70)41-78-37-36-68-58(71)43-80-66-61(84-65(75)47-24-14-6-15-25-47)60(83-64(74)46-22-12-5-13-23-46)59(82-63(73)45-20-10-4-11-21-45)57(81-66)42-79-62(72)44-18-8-3-9-19-44/h3-35,48,54-55,57,59-61,66,69H,36-43H2,1-2H3,(H,68,71)/t48-,54+,55?,57?,59+,60-,61?,66-/m0/s1. The quantitative estimate of drug-likeness (QED) is 0.0225. The summed E-state index contributed by atoms with van der Waals surface area (Å²) in [5.41, 5.74) is 1.84. The number of amides is 1. The number of aliphatic hydroxyl groups excluding tert-OH is 1. The van der Waals surface area contributed by atoms with E-state index in [9.17, 15) is 33.9 Å². The molecule has 1 saturated heterocycles. The van der Waals surface area contributed by atoms with Gasteiger partial charge in [0.2, 0.25) is 5.91 Å². The van der Waals surface area contributed by atoms with Gasteiger partial charge in [-0.1, -0.05) is 127 Å². The molecule has 8 atom stereocenters. The number of rotatable bonds is 26. The van der Waals surface area contributed by atoms with Crippen molar-refractivity contribution in [1.29, 1.82) is 0 Å². The Hall–Kier alpha value is -9.04. The predicted molar refractivity (Wildman–Crippen MR) is 308 cm³/mol. The van der Waals surface area contributed by atoms with Crippen LogP contribution in [0.3, 0.4) is 0 Å². The van der Waals surface area contributed by atoms with E-state index < -0.39 is 97.2 Å². The van der Waals surface area contributed by atoms with Crippen molar-refractivity contribution in [3.63, 3.8) is 0 Å². The summed E-state index contributed by atoms with van der Waals surface area (Å²) in [7, 11) is 3.20. The van der Waals surface area contributed by atoms with Crippen molar-refractivity contribution >= 4 is 35.6 Å². The van der Waals surface area contributed by atoms with Gasteiger partial charge in [-0.05, 0) is 108 Å². The van der Waals surface area contributed by atoms with Crippen LogP contribution < -0.4 is 14.8 Å². The maximum atomic E-state index is 14.0. The number of hydrogen-bond acceptors (Lipinski definition) is 17. The van der Waals surface area contributed by atoms with E-state index in [0.717, 1.165) is 16.7 Å². The number of esters is 4. The Kier molecular flexibility index (Phi) is 21.0. The number of methoxy groups -OCH3 is 2. The van der Waals surface area contributed by atoms with Gasteiger partial charge in [0.1, 0.15) is 43.0 Å². The summed E-state index contributed by atoms with van der Waals surface area (Å²) < 4.78 is 60.5. The van der Waals surface area contributed by atoms with Crippen molar-refractivity contribution in [2.45, 2.75) is 55.3 Å². The van der Waals surface area contributed by atoms with Crippen LogP contribution in [-0.4, -0.2) is 131 Å². The van der Waals surface area contributed by atoms with Gasteiger partial charge in [0.15, 0.2) is 30.4 Å². The van der Waals surface area contributed by atoms with Crippen molar-refractivity contribution in [2.75, 3.05) is 53.8 Å². The molecule has 7 aromatic rings. The zero-order chi connectivity index (χ0) is 59.5. The first-order valence-electron chi connectivity index (χ1n) is 27.8. The van der Waals surface area contributed by atoms with Gasteiger partial charge in [0.05, 0.1) is 49.2 Å². The molecule has 0 bridgehead atoms. The fourth-order valence-electron chi connectivity index (χ4n) is 10.5. The molecular formula is C67H65NO17. The maximum absolute atomic E-state index is 14.0. The van der Waals surface area contributed by atoms with E-state index in [1.54, 1.807) is 87.0 Å². The van der Waals surface area contributed by atoms with E-state index >= 15 is 0 Å². The molecule has 2 fully saturated rings. The topological polar surface area (TPSA) is 227 Å². The number of Topliss-reactive ketones (excluding diaryl/α,β-unsaturated/α-hetero) is 1. The van der Waals surface area contributed by atoms with Crippen LogP contribution in [0.15, 0.2) is 200 Å². The van der Waals surface area contributed by atoms with Crippen LogP contribution in [0.5, 0.6) is 11.5 Å². The van der Waals surface area contributed by atoms with Gasteiger partial charge in [0, 0.05) is 19.1 Å². The highest BCUT2D eigenvalue weighted by Crippen LogP contribution is 2.46. The molecule has 1 amide bonds. The second kappa shape index (κ2) is 29.5. The van der Waals surface area contributed by atoms with Crippen LogP contribution in [0, 0.1) is 11.8 Å². The summed E-state index contributed by atoms with van der Waals surface area (Å²) in [6, 6.07) is 56.9. The Bertz CT molecular complexity index is 3250. The molecule has 3 unspecified atom stereocenters. The van der Waals surface area contributed by atoms with Gasteiger partial charge in [0.25, 0.3) is 0 Å². The van der Waals surface area contributed by atoms with Crippen LogP contribution in [0.2, 0.25) is 0 Å². The maximum Gasteiger partial charge on any atom is 0.338 e. The lowest BCUT2D eigenvalue weighted by Gasteiger charge is -2.44. The van der Waals surface area contributed by atoms with Crippen LogP contribution in [-0.2, 0) is 53.1 Å². The number of ether oxygens (including phenoxy) is 10. The zero-order valence-electron chi connectivity index (χ0n) is 46.8. The first-order valence-corrected chi connectivity index (χ1v) is 27.8. The lowest BCUT2D eigenvalue weighted by atomic mass is 9.79. The normalized spacial score (nSPS) is 20.0. The van der Waals surface area contributed by atoms with E-state index in [-0.39, 0.29) is 54.4 Å².